The van der Waals surface area contributed by atoms with Gasteiger partial charge >= 0.3 is 5.97 Å². The van der Waals surface area contributed by atoms with E-state index in [1.54, 1.807) is 12.3 Å². The van der Waals surface area contributed by atoms with Gasteiger partial charge in [0.15, 0.2) is 0 Å². The van der Waals surface area contributed by atoms with Gasteiger partial charge in [0.1, 0.15) is 5.69 Å². The van der Waals surface area contributed by atoms with E-state index >= 15 is 0 Å². The minimum absolute atomic E-state index is 0.264. The monoisotopic (exact) mass is 678 g/mol. The molecule has 6 rings (SSSR count). The van der Waals surface area contributed by atoms with E-state index in [0.29, 0.717) is 43.3 Å². The Labute approximate surface area is 293 Å². The lowest BCUT2D eigenvalue weighted by molar-refractivity contribution is -0.141. The molecular formula is C40H43ClN4O4. The summed E-state index contributed by atoms with van der Waals surface area (Å²) in [5.41, 5.74) is 10.5. The van der Waals surface area contributed by atoms with Crippen molar-refractivity contribution in [3.8, 4) is 11.1 Å². The van der Waals surface area contributed by atoms with Crippen LogP contribution in [0.15, 0.2) is 66.9 Å². The number of aliphatic hydroxyl groups excluding tert-OH is 1. The van der Waals surface area contributed by atoms with Crippen molar-refractivity contribution in [1.29, 1.82) is 0 Å². The first-order chi connectivity index (χ1) is 23.5. The number of rotatable bonds is 10. The van der Waals surface area contributed by atoms with E-state index in [4.69, 9.17) is 11.6 Å². The first kappa shape index (κ1) is 34.5. The predicted molar refractivity (Wildman–Crippen MR) is 196 cm³/mol. The summed E-state index contributed by atoms with van der Waals surface area (Å²) in [7, 11) is 0. The van der Waals surface area contributed by atoms with Crippen LogP contribution in [0.25, 0.3) is 23.3 Å². The smallest absolute Gasteiger partial charge is 0.307 e. The fourth-order valence-electron chi connectivity index (χ4n) is 6.88. The van der Waals surface area contributed by atoms with Gasteiger partial charge in [0.25, 0.3) is 5.91 Å². The second-order valence-corrected chi connectivity index (χ2v) is 13.8. The highest BCUT2D eigenvalue weighted by atomic mass is 35.5. The molecule has 0 aliphatic carbocycles. The molecular weight excluding hydrogens is 636 g/mol. The summed E-state index contributed by atoms with van der Waals surface area (Å²) in [5.74, 6) is -1.29. The third-order valence-electron chi connectivity index (χ3n) is 9.87. The number of nitrogens with zero attached hydrogens (tertiary/aromatic N) is 3. The third-order valence-corrected chi connectivity index (χ3v) is 10.2. The molecule has 0 radical (unpaired) electrons. The number of aliphatic carboxylic acids is 1. The van der Waals surface area contributed by atoms with Crippen molar-refractivity contribution in [2.45, 2.75) is 52.8 Å². The number of carboxylic acid groups (broad SMARTS) is 1. The van der Waals surface area contributed by atoms with E-state index in [9.17, 15) is 19.8 Å². The molecule has 8 nitrogen and oxygen atoms in total. The van der Waals surface area contributed by atoms with Crippen LogP contribution >= 0.6 is 11.6 Å². The molecule has 3 N–H and O–H groups in total. The van der Waals surface area contributed by atoms with Crippen molar-refractivity contribution in [3.05, 3.63) is 117 Å². The average molecular weight is 679 g/mol. The van der Waals surface area contributed by atoms with Gasteiger partial charge in [-0.2, -0.15) is 0 Å². The van der Waals surface area contributed by atoms with Crippen LogP contribution in [-0.2, 0) is 17.9 Å². The second-order valence-electron chi connectivity index (χ2n) is 13.4. The molecule has 0 spiro atoms. The SMILES string of the molecule is Cc1cc(/C=C/c2cccc(-c3cccc(NC(=O)c4ccc(CN5CC[C@@H](O)C5)cn4)c3C)c2C)c(Cl)cc1CN1CC[C@@H](C(=O)O)C1. The highest BCUT2D eigenvalue weighted by Gasteiger charge is 2.28. The van der Waals surface area contributed by atoms with Gasteiger partial charge in [-0.15, -0.1) is 0 Å². The second kappa shape index (κ2) is 15.0. The summed E-state index contributed by atoms with van der Waals surface area (Å²) in [5, 5.41) is 22.9. The van der Waals surface area contributed by atoms with Crippen LogP contribution in [0.2, 0.25) is 5.02 Å². The number of carbonyl (C=O) groups is 2. The number of hydrogen-bond donors (Lipinski definition) is 3. The Bertz CT molecular complexity index is 1890. The van der Waals surface area contributed by atoms with Gasteiger partial charge in [0, 0.05) is 49.6 Å². The van der Waals surface area contributed by atoms with Crippen LogP contribution in [0.4, 0.5) is 5.69 Å². The maximum Gasteiger partial charge on any atom is 0.307 e. The molecule has 4 aromatic rings. The van der Waals surface area contributed by atoms with Crippen LogP contribution in [0.3, 0.4) is 0 Å². The summed E-state index contributed by atoms with van der Waals surface area (Å²) in [6.07, 6.45) is 7.06. The van der Waals surface area contributed by atoms with Crippen molar-refractivity contribution in [2.24, 2.45) is 5.92 Å². The van der Waals surface area contributed by atoms with Gasteiger partial charge in [-0.05, 0) is 108 Å². The molecule has 1 aromatic heterocycles. The lowest BCUT2D eigenvalue weighted by atomic mass is 9.92. The molecule has 2 aliphatic heterocycles. The molecule has 3 aromatic carbocycles. The molecule has 2 fully saturated rings. The fraction of sp³-hybridized carbons (Fsp3) is 0.325. The number of amides is 1. The number of hydrogen-bond acceptors (Lipinski definition) is 6. The largest absolute Gasteiger partial charge is 0.481 e. The van der Waals surface area contributed by atoms with Gasteiger partial charge < -0.3 is 15.5 Å². The first-order valence-corrected chi connectivity index (χ1v) is 17.2. The van der Waals surface area contributed by atoms with Gasteiger partial charge in [-0.1, -0.05) is 66.2 Å². The minimum atomic E-state index is -0.724. The summed E-state index contributed by atoms with van der Waals surface area (Å²) in [4.78, 5) is 33.4. The topological polar surface area (TPSA) is 106 Å². The fourth-order valence-corrected chi connectivity index (χ4v) is 7.13. The number of aliphatic hydroxyl groups is 1. The predicted octanol–water partition coefficient (Wildman–Crippen LogP) is 7.22. The highest BCUT2D eigenvalue weighted by Crippen LogP contribution is 2.33. The molecule has 9 heteroatoms. The lowest BCUT2D eigenvalue weighted by Gasteiger charge is -2.18. The summed E-state index contributed by atoms with van der Waals surface area (Å²) < 4.78 is 0. The Morgan fingerprint density at radius 1 is 0.898 bits per heavy atom. The Morgan fingerprint density at radius 3 is 2.31 bits per heavy atom. The third kappa shape index (κ3) is 8.11. The van der Waals surface area contributed by atoms with Crippen LogP contribution in [0.5, 0.6) is 0 Å². The first-order valence-electron chi connectivity index (χ1n) is 16.8. The van der Waals surface area contributed by atoms with Crippen LogP contribution in [0, 0.1) is 26.7 Å². The maximum absolute atomic E-state index is 13.2. The molecule has 0 bridgehead atoms. The van der Waals surface area contributed by atoms with Crippen molar-refractivity contribution >= 4 is 41.3 Å². The standard InChI is InChI=1S/C40H43ClN4O4/c1-25-18-30(36(41)19-32(25)23-45-16-14-31(22-45)40(48)49)12-11-29-6-4-7-34(26(29)2)35-8-5-9-37(27(35)3)43-39(47)38-13-10-28(20-42-38)21-44-17-15-33(46)24-44/h4-13,18-20,31,33,46H,14-17,21-24H2,1-3H3,(H,43,47)(H,48,49)/b12-11+/t31-,33-/m1/s1. The van der Waals surface area contributed by atoms with Gasteiger partial charge in [-0.25, -0.2) is 0 Å². The van der Waals surface area contributed by atoms with Crippen molar-refractivity contribution < 1.29 is 19.8 Å². The van der Waals surface area contributed by atoms with E-state index in [-0.39, 0.29) is 17.9 Å². The Kier molecular flexibility index (Phi) is 10.6. The normalized spacial score (nSPS) is 18.4. The molecule has 2 atom stereocenters. The van der Waals surface area contributed by atoms with Crippen LogP contribution in [0.1, 0.15) is 62.3 Å². The van der Waals surface area contributed by atoms with E-state index in [0.717, 1.165) is 75.3 Å². The molecule has 1 amide bonds. The van der Waals surface area contributed by atoms with Crippen molar-refractivity contribution in [1.82, 2.24) is 14.8 Å². The number of β-amino-alcohol motifs (C(OH)–C–C–N with tert-alkyl or cyclic N) is 1. The van der Waals surface area contributed by atoms with Crippen molar-refractivity contribution in [3.63, 3.8) is 0 Å². The molecule has 2 aliphatic rings. The maximum atomic E-state index is 13.2. The number of halogens is 1. The molecule has 254 valence electrons. The van der Waals surface area contributed by atoms with Crippen molar-refractivity contribution in [2.75, 3.05) is 31.5 Å². The Hall–Kier alpha value is -4.34. The molecule has 0 unspecified atom stereocenters. The Balaban J connectivity index is 1.15. The number of aryl methyl sites for hydroxylation is 1. The van der Waals surface area contributed by atoms with Crippen LogP contribution < -0.4 is 5.32 Å². The van der Waals surface area contributed by atoms with E-state index < -0.39 is 5.97 Å². The zero-order chi connectivity index (χ0) is 34.7. The van der Waals surface area contributed by atoms with E-state index in [1.807, 2.05) is 43.3 Å². The highest BCUT2D eigenvalue weighted by molar-refractivity contribution is 6.32. The number of carbonyl (C=O) groups excluding carboxylic acids is 1. The number of carboxylic acids is 1. The van der Waals surface area contributed by atoms with E-state index in [1.165, 1.54) is 0 Å². The number of likely N-dealkylation sites (tertiary alicyclic amines) is 2. The zero-order valence-electron chi connectivity index (χ0n) is 28.2. The zero-order valence-corrected chi connectivity index (χ0v) is 29.0. The lowest BCUT2D eigenvalue weighted by Crippen LogP contribution is -2.23. The van der Waals surface area contributed by atoms with Crippen LogP contribution in [-0.4, -0.2) is 69.2 Å². The quantitative estimate of drug-likeness (QED) is 0.152. The van der Waals surface area contributed by atoms with Gasteiger partial charge in [0.2, 0.25) is 0 Å². The number of pyridine rings is 1. The molecule has 2 saturated heterocycles. The van der Waals surface area contributed by atoms with Gasteiger partial charge in [-0.3, -0.25) is 24.4 Å². The molecule has 49 heavy (non-hydrogen) atoms. The van der Waals surface area contributed by atoms with Gasteiger partial charge in [0.05, 0.1) is 12.0 Å². The number of nitrogens with one attached hydrogen (secondary N) is 1. The number of anilines is 1. The summed E-state index contributed by atoms with van der Waals surface area (Å²) in [6, 6.07) is 19.9. The molecule has 0 saturated carbocycles. The number of benzene rings is 3. The Morgan fingerprint density at radius 2 is 1.61 bits per heavy atom. The minimum Gasteiger partial charge on any atom is -0.481 e. The molecule has 3 heterocycles. The average Bonchev–Trinajstić information content (AvgIpc) is 3.72. The summed E-state index contributed by atoms with van der Waals surface area (Å²) >= 11 is 6.76. The summed E-state index contributed by atoms with van der Waals surface area (Å²) in [6.45, 7) is 10.4. The number of aromatic nitrogens is 1. The van der Waals surface area contributed by atoms with E-state index in [2.05, 4.69) is 64.3 Å².